The van der Waals surface area contributed by atoms with Crippen molar-refractivity contribution in [1.82, 2.24) is 4.90 Å². The molecule has 1 amide bonds. The summed E-state index contributed by atoms with van der Waals surface area (Å²) in [6.07, 6.45) is 6.29. The molecule has 336 valence electrons. The van der Waals surface area contributed by atoms with Crippen LogP contribution in [-0.2, 0) is 59.7 Å². The number of sulfone groups is 1. The molecule has 1 aromatic rings. The molecule has 10 fully saturated rings. The molecule has 2 spiro atoms. The Morgan fingerprint density at radius 3 is 1.67 bits per heavy atom. The molecule has 10 aliphatic rings. The van der Waals surface area contributed by atoms with Gasteiger partial charge in [0.2, 0.25) is 11.6 Å². The van der Waals surface area contributed by atoms with E-state index >= 15 is 0 Å². The summed E-state index contributed by atoms with van der Waals surface area (Å²) in [5.41, 5.74) is -0.686. The third-order valence-electron chi connectivity index (χ3n) is 16.8. The first-order valence-electron chi connectivity index (χ1n) is 23.2. The Bertz CT molecular complexity index is 1770. The van der Waals surface area contributed by atoms with E-state index in [0.717, 1.165) is 56.9 Å². The highest BCUT2D eigenvalue weighted by Gasteiger charge is 2.71. The van der Waals surface area contributed by atoms with Crippen LogP contribution < -0.4 is 0 Å². The van der Waals surface area contributed by atoms with Crippen LogP contribution >= 0.6 is 0 Å². The van der Waals surface area contributed by atoms with Crippen molar-refractivity contribution < 1.29 is 56.4 Å². The summed E-state index contributed by atoms with van der Waals surface area (Å²) in [4.78, 5) is 39.4. The van der Waals surface area contributed by atoms with Crippen LogP contribution in [0.3, 0.4) is 0 Å². The van der Waals surface area contributed by atoms with E-state index in [1.165, 1.54) is 0 Å². The lowest BCUT2D eigenvalue weighted by Gasteiger charge is -2.61. The molecule has 0 unspecified atom stereocenters. The smallest absolute Gasteiger partial charge is 0.410 e. The van der Waals surface area contributed by atoms with E-state index in [1.807, 2.05) is 27.7 Å². The lowest BCUT2D eigenvalue weighted by molar-refractivity contribution is -0.571. The Morgan fingerprint density at radius 1 is 0.717 bits per heavy atom. The van der Waals surface area contributed by atoms with Crippen molar-refractivity contribution in [3.8, 4) is 0 Å². The van der Waals surface area contributed by atoms with Crippen molar-refractivity contribution in [3.63, 3.8) is 0 Å². The van der Waals surface area contributed by atoms with E-state index in [-0.39, 0.29) is 70.9 Å². The van der Waals surface area contributed by atoms with Gasteiger partial charge < -0.3 is 28.6 Å². The zero-order chi connectivity index (χ0) is 42.4. The molecule has 60 heavy (non-hydrogen) atoms. The van der Waals surface area contributed by atoms with Gasteiger partial charge in [0, 0.05) is 37.8 Å². The second-order valence-corrected chi connectivity index (χ2v) is 22.4. The number of amides is 1. The summed E-state index contributed by atoms with van der Waals surface area (Å²) in [5, 5.41) is 0. The molecule has 16 atom stereocenters. The van der Waals surface area contributed by atoms with E-state index in [0.29, 0.717) is 37.8 Å². The average molecular weight is 860 g/mol. The molecule has 11 rings (SSSR count). The van der Waals surface area contributed by atoms with E-state index in [4.69, 9.17) is 43.2 Å². The van der Waals surface area contributed by atoms with Crippen LogP contribution in [0.15, 0.2) is 29.2 Å². The fourth-order valence-electron chi connectivity index (χ4n) is 13.3. The predicted octanol–water partition coefficient (Wildman–Crippen LogP) is 8.34. The van der Waals surface area contributed by atoms with Gasteiger partial charge in [-0.1, -0.05) is 39.8 Å². The highest BCUT2D eigenvalue weighted by Crippen LogP contribution is 2.63. The summed E-state index contributed by atoms with van der Waals surface area (Å²) >= 11 is 0. The maximum absolute atomic E-state index is 14.6. The Hall–Kier alpha value is -1.88. The zero-order valence-electron chi connectivity index (χ0n) is 37.0. The number of nitrogens with zero attached hydrogens (tertiary/aromatic N) is 1. The molecule has 8 saturated heterocycles. The van der Waals surface area contributed by atoms with E-state index in [2.05, 4.69) is 27.7 Å². The number of ether oxygens (including phenoxy) is 5. The second kappa shape index (κ2) is 16.0. The van der Waals surface area contributed by atoms with Crippen molar-refractivity contribution >= 4 is 15.9 Å². The van der Waals surface area contributed by atoms with Gasteiger partial charge in [-0.15, -0.1) is 0 Å². The second-order valence-electron chi connectivity index (χ2n) is 20.4. The molecular weight excluding hydrogens is 791 g/mol. The van der Waals surface area contributed by atoms with Gasteiger partial charge in [-0.05, 0) is 138 Å². The lowest BCUT2D eigenvalue weighted by Crippen LogP contribution is -2.70. The summed E-state index contributed by atoms with van der Waals surface area (Å²) in [6, 6.07) is 6.74. The number of carbonyl (C=O) groups is 1. The summed E-state index contributed by atoms with van der Waals surface area (Å²) in [5.74, 6) is -0.470. The van der Waals surface area contributed by atoms with Crippen molar-refractivity contribution in [2.45, 2.75) is 179 Å². The van der Waals surface area contributed by atoms with E-state index in [1.54, 1.807) is 29.2 Å². The van der Waals surface area contributed by atoms with Crippen molar-refractivity contribution in [1.29, 1.82) is 0 Å². The minimum atomic E-state index is -3.79. The standard InChI is InChI=1S/C46H69NO12S/c1-9-47(10-2)42(48)51-25-31-13-15-33(16-14-31)60(49,50)26-32(23-38-29(5)36-17-11-27(3)34-19-21-43(7)54-40(52-38)45(34,36)58-56-43)24-39-30(6)37-18-12-28(4)35-20-22-44(8)55-41(53-39)46(35,37)59-57-44/h13-16,27-30,32,34-41H,9-12,17-26H2,1-8H3/t27-,28-,29-,30-,34+,35+,36+,37+,38-,39-,40-,41-,43-,44-,45-,46-/m1/s1. The van der Waals surface area contributed by atoms with Crippen LogP contribution in [0, 0.1) is 53.3 Å². The van der Waals surface area contributed by atoms with Crippen LogP contribution in [-0.4, -0.2) is 85.8 Å². The molecule has 0 aromatic heterocycles. The summed E-state index contributed by atoms with van der Waals surface area (Å²) in [7, 11) is -3.79. The number of fused-ring (bicyclic) bond motifs is 4. The van der Waals surface area contributed by atoms with Gasteiger partial charge in [0.1, 0.15) is 6.61 Å². The van der Waals surface area contributed by atoms with Gasteiger partial charge in [0.15, 0.2) is 33.6 Å². The molecule has 14 heteroatoms. The summed E-state index contributed by atoms with van der Waals surface area (Å²) in [6.45, 7) is 18.0. The molecule has 0 N–H and O–H groups in total. The van der Waals surface area contributed by atoms with E-state index in [9.17, 15) is 13.2 Å². The van der Waals surface area contributed by atoms with Gasteiger partial charge in [0.25, 0.3) is 0 Å². The predicted molar refractivity (Wildman–Crippen MR) is 218 cm³/mol. The fraction of sp³-hybridized carbons (Fsp3) is 0.848. The zero-order valence-corrected chi connectivity index (χ0v) is 37.8. The molecule has 4 bridgehead atoms. The molecule has 8 heterocycles. The number of rotatable bonds is 11. The normalized spacial score (nSPS) is 45.6. The Labute approximate surface area is 356 Å². The minimum Gasteiger partial charge on any atom is -0.445 e. The van der Waals surface area contributed by atoms with Crippen LogP contribution in [0.4, 0.5) is 4.79 Å². The van der Waals surface area contributed by atoms with Crippen LogP contribution in [0.5, 0.6) is 0 Å². The topological polar surface area (TPSA) is 138 Å². The maximum Gasteiger partial charge on any atom is 0.410 e. The molecule has 2 aliphatic carbocycles. The largest absolute Gasteiger partial charge is 0.445 e. The number of benzene rings is 1. The quantitative estimate of drug-likeness (QED) is 0.198. The first-order chi connectivity index (χ1) is 28.5. The number of hydrogen-bond acceptors (Lipinski definition) is 12. The highest BCUT2D eigenvalue weighted by atomic mass is 32.2. The van der Waals surface area contributed by atoms with E-state index < -0.39 is 51.3 Å². The van der Waals surface area contributed by atoms with Gasteiger partial charge in [-0.3, -0.25) is 0 Å². The first kappa shape index (κ1) is 43.4. The highest BCUT2D eigenvalue weighted by molar-refractivity contribution is 7.91. The van der Waals surface area contributed by atoms with Gasteiger partial charge in [-0.25, -0.2) is 32.8 Å². The van der Waals surface area contributed by atoms with Crippen molar-refractivity contribution in [2.75, 3.05) is 18.8 Å². The van der Waals surface area contributed by atoms with Gasteiger partial charge >= 0.3 is 6.09 Å². The lowest BCUT2D eigenvalue weighted by atomic mass is 9.56. The molecule has 1 aromatic carbocycles. The Kier molecular flexibility index (Phi) is 11.5. The SMILES string of the molecule is CCN(CC)C(=O)OCc1ccc(S(=O)(=O)CC(C[C@H]2O[C@@H]3O[C@@]4(C)CC[C@H]5[C@H](C)CC[C@@H]([C@H]2C)[C@@]35OO4)C[C@H]2O[C@@H]3O[C@@]4(C)CC[C@H]5[C@H](C)CC[C@@H]([C@H]2C)[C@@]35OO4)cc1. The molecule has 8 aliphatic heterocycles. The third kappa shape index (κ3) is 7.18. The Morgan fingerprint density at radius 2 is 1.20 bits per heavy atom. The number of carbonyl (C=O) groups excluding carboxylic acids is 1. The van der Waals surface area contributed by atoms with Crippen LogP contribution in [0.1, 0.15) is 125 Å². The molecular formula is C46H69NO12S. The molecule has 0 radical (unpaired) electrons. The Balaban J connectivity index is 0.997. The van der Waals surface area contributed by atoms with Crippen LogP contribution in [0.2, 0.25) is 0 Å². The number of hydrogen-bond donors (Lipinski definition) is 0. The monoisotopic (exact) mass is 859 g/mol. The average Bonchev–Trinajstić information content (AvgIpc) is 3.59. The third-order valence-corrected chi connectivity index (χ3v) is 18.7. The maximum atomic E-state index is 14.6. The van der Waals surface area contributed by atoms with Crippen molar-refractivity contribution in [2.24, 2.45) is 53.3 Å². The van der Waals surface area contributed by atoms with Crippen LogP contribution in [0.25, 0.3) is 0 Å². The summed E-state index contributed by atoms with van der Waals surface area (Å²) < 4.78 is 62.3. The minimum absolute atomic E-state index is 0.0603. The fourth-order valence-corrected chi connectivity index (χ4v) is 14.9. The van der Waals surface area contributed by atoms with Gasteiger partial charge in [0.05, 0.1) is 22.9 Å². The van der Waals surface area contributed by atoms with Crippen molar-refractivity contribution in [3.05, 3.63) is 29.8 Å². The molecule has 2 saturated carbocycles. The molecule has 13 nitrogen and oxygen atoms in total. The first-order valence-corrected chi connectivity index (χ1v) is 24.8. The van der Waals surface area contributed by atoms with Gasteiger partial charge in [-0.2, -0.15) is 0 Å².